The molecule has 34 heavy (non-hydrogen) atoms. The van der Waals surface area contributed by atoms with Gasteiger partial charge in [-0.3, -0.25) is 0 Å². The van der Waals surface area contributed by atoms with Crippen molar-refractivity contribution in [1.29, 1.82) is 0 Å². The van der Waals surface area contributed by atoms with Gasteiger partial charge in [0.25, 0.3) is 0 Å². The van der Waals surface area contributed by atoms with Gasteiger partial charge < -0.3 is 14.6 Å². The number of hydrogen-bond donors (Lipinski definition) is 0. The number of benzene rings is 4. The van der Waals surface area contributed by atoms with E-state index in [1.54, 1.807) is 0 Å². The van der Waals surface area contributed by atoms with Crippen LogP contribution in [0, 0.1) is 0 Å². The summed E-state index contributed by atoms with van der Waals surface area (Å²) in [6.45, 7) is 3.40. The Kier molecular flexibility index (Phi) is 6.12. The molecular formula is C31H32N2O. The van der Waals surface area contributed by atoms with Gasteiger partial charge >= 0.3 is 0 Å². The van der Waals surface area contributed by atoms with Crippen molar-refractivity contribution >= 4 is 43.6 Å². The van der Waals surface area contributed by atoms with E-state index in [0.717, 1.165) is 13.0 Å². The minimum absolute atomic E-state index is 0. The average Bonchev–Trinajstić information content (AvgIpc) is 3.38. The number of fused-ring (bicyclic) bond motifs is 6. The predicted octanol–water partition coefficient (Wildman–Crippen LogP) is 7.90. The number of nitrogens with zero attached hydrogens (tertiary/aromatic N) is 2. The number of para-hydroxylation sites is 4. The standard InChI is InChI=1S/C31H30N2.H2O/c1-2-23(33-30-20-9-5-16-26(30)27-17-6-10-21-31(27)33)13-11-12-22-32-28-18-7-3-14-24(28)25-15-4-8-19-29(25)32;/h3-10,14-21,23H,2,11-13,22H2,1H3;1H2. The molecule has 6 rings (SSSR count). The predicted molar refractivity (Wildman–Crippen MR) is 146 cm³/mol. The molecule has 3 nitrogen and oxygen atoms in total. The van der Waals surface area contributed by atoms with Gasteiger partial charge in [0, 0.05) is 56.2 Å². The molecule has 2 N–H and O–H groups in total. The van der Waals surface area contributed by atoms with E-state index in [1.165, 1.54) is 62.9 Å². The smallest absolute Gasteiger partial charge is 0.0493 e. The zero-order valence-corrected chi connectivity index (χ0v) is 19.7. The summed E-state index contributed by atoms with van der Waals surface area (Å²) in [5, 5.41) is 5.48. The summed E-state index contributed by atoms with van der Waals surface area (Å²) < 4.78 is 5.12. The number of rotatable bonds is 7. The maximum atomic E-state index is 2.60. The molecule has 0 saturated carbocycles. The largest absolute Gasteiger partial charge is 0.412 e. The second-order valence-corrected chi connectivity index (χ2v) is 9.15. The second kappa shape index (κ2) is 9.36. The molecule has 0 aliphatic carbocycles. The highest BCUT2D eigenvalue weighted by Gasteiger charge is 2.17. The van der Waals surface area contributed by atoms with Gasteiger partial charge in [0.05, 0.1) is 0 Å². The van der Waals surface area contributed by atoms with Crippen LogP contribution < -0.4 is 0 Å². The third-order valence-corrected chi connectivity index (χ3v) is 7.30. The lowest BCUT2D eigenvalue weighted by Crippen LogP contribution is -2.08. The fourth-order valence-electron chi connectivity index (χ4n) is 5.76. The van der Waals surface area contributed by atoms with Crippen LogP contribution in [0.4, 0.5) is 0 Å². The molecule has 0 bridgehead atoms. The first-order valence-corrected chi connectivity index (χ1v) is 12.3. The minimum atomic E-state index is 0. The van der Waals surface area contributed by atoms with Gasteiger partial charge in [0.2, 0.25) is 0 Å². The zero-order valence-electron chi connectivity index (χ0n) is 19.7. The van der Waals surface area contributed by atoms with E-state index in [0.29, 0.717) is 6.04 Å². The fourth-order valence-corrected chi connectivity index (χ4v) is 5.76. The van der Waals surface area contributed by atoms with Crippen LogP contribution in [0.5, 0.6) is 0 Å². The molecule has 4 aromatic carbocycles. The Morgan fingerprint density at radius 3 is 1.44 bits per heavy atom. The van der Waals surface area contributed by atoms with Crippen molar-refractivity contribution in [3.05, 3.63) is 97.1 Å². The molecule has 1 unspecified atom stereocenters. The van der Waals surface area contributed by atoms with Crippen LogP contribution in [-0.4, -0.2) is 14.6 Å². The molecule has 1 atom stereocenters. The maximum absolute atomic E-state index is 2.60. The average molecular weight is 449 g/mol. The van der Waals surface area contributed by atoms with Gasteiger partial charge in [0.15, 0.2) is 0 Å². The van der Waals surface area contributed by atoms with Crippen LogP contribution >= 0.6 is 0 Å². The summed E-state index contributed by atoms with van der Waals surface area (Å²) in [5.41, 5.74) is 5.45. The van der Waals surface area contributed by atoms with Crippen LogP contribution in [0.15, 0.2) is 97.1 Å². The highest BCUT2D eigenvalue weighted by Crippen LogP contribution is 2.35. The second-order valence-electron chi connectivity index (χ2n) is 9.15. The topological polar surface area (TPSA) is 41.4 Å². The van der Waals surface area contributed by atoms with E-state index in [-0.39, 0.29) is 5.48 Å². The Bertz CT molecular complexity index is 1470. The quantitative estimate of drug-likeness (QED) is 0.223. The van der Waals surface area contributed by atoms with E-state index >= 15 is 0 Å². The van der Waals surface area contributed by atoms with Gasteiger partial charge in [-0.15, -0.1) is 0 Å². The van der Waals surface area contributed by atoms with E-state index in [2.05, 4.69) is 113 Å². The van der Waals surface area contributed by atoms with E-state index in [1.807, 2.05) is 0 Å². The number of aryl methyl sites for hydroxylation is 1. The Balaban J connectivity index is 0.00000241. The normalized spacial score (nSPS) is 12.5. The molecule has 0 radical (unpaired) electrons. The zero-order chi connectivity index (χ0) is 22.2. The molecule has 2 aromatic heterocycles. The third kappa shape index (κ3) is 3.57. The molecule has 2 heterocycles. The molecule has 0 fully saturated rings. The van der Waals surface area contributed by atoms with Crippen molar-refractivity contribution in [2.75, 3.05) is 0 Å². The van der Waals surface area contributed by atoms with Crippen LogP contribution in [0.25, 0.3) is 43.6 Å². The summed E-state index contributed by atoms with van der Waals surface area (Å²) in [6.07, 6.45) is 4.77. The van der Waals surface area contributed by atoms with E-state index < -0.39 is 0 Å². The van der Waals surface area contributed by atoms with E-state index in [9.17, 15) is 0 Å². The Morgan fingerprint density at radius 1 is 0.559 bits per heavy atom. The van der Waals surface area contributed by atoms with Crippen molar-refractivity contribution in [2.24, 2.45) is 0 Å². The summed E-state index contributed by atoms with van der Waals surface area (Å²) in [4.78, 5) is 0. The number of aromatic nitrogens is 2. The van der Waals surface area contributed by atoms with Gasteiger partial charge in [-0.1, -0.05) is 79.7 Å². The summed E-state index contributed by atoms with van der Waals surface area (Å²) in [7, 11) is 0. The molecular weight excluding hydrogens is 416 g/mol. The van der Waals surface area contributed by atoms with Crippen molar-refractivity contribution in [3.63, 3.8) is 0 Å². The summed E-state index contributed by atoms with van der Waals surface area (Å²) in [6, 6.07) is 36.0. The number of unbranched alkanes of at least 4 members (excludes halogenated alkanes) is 1. The molecule has 0 aliphatic heterocycles. The Hall–Kier alpha value is -3.56. The minimum Gasteiger partial charge on any atom is -0.412 e. The van der Waals surface area contributed by atoms with Gasteiger partial charge in [-0.2, -0.15) is 0 Å². The number of hydrogen-bond acceptors (Lipinski definition) is 0. The highest BCUT2D eigenvalue weighted by molar-refractivity contribution is 6.08. The molecule has 172 valence electrons. The first-order valence-electron chi connectivity index (χ1n) is 12.3. The SMILES string of the molecule is CCC(CCCCn1c2ccccc2c2ccccc21)n1c2ccccc2c2ccccc21.O. The maximum Gasteiger partial charge on any atom is 0.0493 e. The lowest BCUT2D eigenvalue weighted by molar-refractivity contribution is 0.444. The van der Waals surface area contributed by atoms with Gasteiger partial charge in [-0.25, -0.2) is 0 Å². The molecule has 3 heteroatoms. The molecule has 0 saturated heterocycles. The summed E-state index contributed by atoms with van der Waals surface area (Å²) >= 11 is 0. The van der Waals surface area contributed by atoms with Crippen molar-refractivity contribution in [1.82, 2.24) is 9.13 Å². The van der Waals surface area contributed by atoms with Gasteiger partial charge in [0.1, 0.15) is 0 Å². The highest BCUT2D eigenvalue weighted by atomic mass is 16.0. The van der Waals surface area contributed by atoms with Crippen molar-refractivity contribution < 1.29 is 5.48 Å². The van der Waals surface area contributed by atoms with Crippen LogP contribution in [0.1, 0.15) is 38.6 Å². The van der Waals surface area contributed by atoms with Crippen molar-refractivity contribution in [2.45, 2.75) is 45.2 Å². The Labute approximate surface area is 200 Å². The van der Waals surface area contributed by atoms with Crippen molar-refractivity contribution in [3.8, 4) is 0 Å². The molecule has 0 spiro atoms. The molecule has 0 aliphatic rings. The third-order valence-electron chi connectivity index (χ3n) is 7.30. The van der Waals surface area contributed by atoms with Gasteiger partial charge in [-0.05, 0) is 49.9 Å². The lowest BCUT2D eigenvalue weighted by Gasteiger charge is -2.20. The van der Waals surface area contributed by atoms with E-state index in [4.69, 9.17) is 0 Å². The lowest BCUT2D eigenvalue weighted by atomic mass is 10.1. The summed E-state index contributed by atoms with van der Waals surface area (Å²) in [5.74, 6) is 0. The van der Waals surface area contributed by atoms with Crippen LogP contribution in [0.3, 0.4) is 0 Å². The fraction of sp³-hybridized carbons (Fsp3) is 0.226. The monoisotopic (exact) mass is 448 g/mol. The first-order chi connectivity index (χ1) is 16.4. The Morgan fingerprint density at radius 2 is 0.971 bits per heavy atom. The molecule has 6 aromatic rings. The van der Waals surface area contributed by atoms with Crippen LogP contribution in [0.2, 0.25) is 0 Å². The molecule has 0 amide bonds. The first kappa shape index (κ1) is 22.2. The van der Waals surface area contributed by atoms with Crippen LogP contribution in [-0.2, 0) is 6.54 Å².